The summed E-state index contributed by atoms with van der Waals surface area (Å²) in [7, 11) is 1.34. The first kappa shape index (κ1) is 25.0. The minimum Gasteiger partial charge on any atom is -0.493 e. The van der Waals surface area contributed by atoms with Crippen molar-refractivity contribution in [2.24, 2.45) is 0 Å². The summed E-state index contributed by atoms with van der Waals surface area (Å²) in [6.45, 7) is 3.86. The lowest BCUT2D eigenvalue weighted by Crippen LogP contribution is -2.49. The van der Waals surface area contributed by atoms with Crippen LogP contribution in [0, 0.1) is 18.6 Å². The van der Waals surface area contributed by atoms with Crippen molar-refractivity contribution in [3.63, 3.8) is 0 Å². The Bertz CT molecular complexity index is 1230. The lowest BCUT2D eigenvalue weighted by atomic mass is 9.91. The van der Waals surface area contributed by atoms with E-state index in [1.165, 1.54) is 42.7 Å². The van der Waals surface area contributed by atoms with Crippen LogP contribution in [0.4, 0.5) is 8.78 Å². The Morgan fingerprint density at radius 2 is 1.89 bits per heavy atom. The van der Waals surface area contributed by atoms with E-state index in [-0.39, 0.29) is 47.3 Å². The highest BCUT2D eigenvalue weighted by atomic mass is 32.1. The van der Waals surface area contributed by atoms with Gasteiger partial charge in [0.2, 0.25) is 0 Å². The maximum absolute atomic E-state index is 14.1. The number of carbonyl (C=O) groups excluding carboxylic acids is 2. The molecule has 3 aromatic rings. The molecule has 1 aliphatic rings. The fraction of sp³-hybridized carbons (Fsp3) is 0.370. The summed E-state index contributed by atoms with van der Waals surface area (Å²) >= 11 is 1.40. The van der Waals surface area contributed by atoms with Crippen molar-refractivity contribution in [2.45, 2.75) is 58.0 Å². The number of ketones is 1. The lowest BCUT2D eigenvalue weighted by molar-refractivity contribution is 0.0451. The molecule has 1 saturated heterocycles. The van der Waals surface area contributed by atoms with Crippen LogP contribution in [0.1, 0.15) is 64.9 Å². The molecular formula is C27H28F2N2O3S. The van der Waals surface area contributed by atoms with Gasteiger partial charge in [-0.3, -0.25) is 9.59 Å². The number of ether oxygens (including phenoxy) is 1. The van der Waals surface area contributed by atoms with Gasteiger partial charge in [0.25, 0.3) is 5.91 Å². The summed E-state index contributed by atoms with van der Waals surface area (Å²) in [4.78, 5) is 33.8. The van der Waals surface area contributed by atoms with Gasteiger partial charge in [0, 0.05) is 18.5 Å². The summed E-state index contributed by atoms with van der Waals surface area (Å²) in [6, 6.07) is 10.2. The SMILES string of the molecule is COc1c(F)cccc1C(=O)CCC1CCCC(C)N1C(=O)c1nc(C)sc1-c1ccc(F)cc1. The van der Waals surface area contributed by atoms with E-state index in [4.69, 9.17) is 4.74 Å². The second kappa shape index (κ2) is 10.6. The average Bonchev–Trinajstić information content (AvgIpc) is 3.24. The molecule has 0 radical (unpaired) electrons. The van der Waals surface area contributed by atoms with Gasteiger partial charge in [-0.2, -0.15) is 0 Å². The van der Waals surface area contributed by atoms with E-state index in [0.717, 1.165) is 29.8 Å². The number of carbonyl (C=O) groups is 2. The van der Waals surface area contributed by atoms with Gasteiger partial charge in [0.1, 0.15) is 11.5 Å². The number of thiazole rings is 1. The quantitative estimate of drug-likeness (QED) is 0.351. The predicted octanol–water partition coefficient (Wildman–Crippen LogP) is 6.45. The van der Waals surface area contributed by atoms with Crippen molar-refractivity contribution in [2.75, 3.05) is 7.11 Å². The number of amides is 1. The van der Waals surface area contributed by atoms with E-state index in [9.17, 15) is 18.4 Å². The molecule has 8 heteroatoms. The van der Waals surface area contributed by atoms with E-state index in [1.807, 2.05) is 18.7 Å². The zero-order valence-electron chi connectivity index (χ0n) is 20.0. The van der Waals surface area contributed by atoms with E-state index >= 15 is 0 Å². The second-order valence-corrected chi connectivity index (χ2v) is 10.0. The number of hydrogen-bond donors (Lipinski definition) is 0. The van der Waals surface area contributed by atoms with Crippen LogP contribution in [-0.4, -0.2) is 40.8 Å². The first-order chi connectivity index (χ1) is 16.8. The third-order valence-corrected chi connectivity index (χ3v) is 7.50. The third kappa shape index (κ3) is 5.27. The fourth-order valence-electron chi connectivity index (χ4n) is 4.80. The number of aryl methyl sites for hydroxylation is 1. The van der Waals surface area contributed by atoms with Crippen molar-refractivity contribution < 1.29 is 23.1 Å². The normalized spacial score (nSPS) is 17.9. The number of rotatable bonds is 7. The van der Waals surface area contributed by atoms with Gasteiger partial charge in [-0.15, -0.1) is 11.3 Å². The van der Waals surface area contributed by atoms with Crippen LogP contribution in [0.3, 0.4) is 0 Å². The summed E-state index contributed by atoms with van der Waals surface area (Å²) < 4.78 is 32.6. The Morgan fingerprint density at radius 1 is 1.14 bits per heavy atom. The number of para-hydroxylation sites is 1. The molecule has 35 heavy (non-hydrogen) atoms. The molecule has 1 amide bonds. The predicted molar refractivity (Wildman–Crippen MR) is 132 cm³/mol. The Kier molecular flexibility index (Phi) is 7.60. The van der Waals surface area contributed by atoms with Crippen LogP contribution in [0.15, 0.2) is 42.5 Å². The second-order valence-electron chi connectivity index (χ2n) is 8.85. The first-order valence-electron chi connectivity index (χ1n) is 11.7. The molecule has 0 aliphatic carbocycles. The molecule has 2 unspecified atom stereocenters. The van der Waals surface area contributed by atoms with Gasteiger partial charge < -0.3 is 9.64 Å². The Balaban J connectivity index is 1.57. The highest BCUT2D eigenvalue weighted by molar-refractivity contribution is 7.15. The number of nitrogens with zero attached hydrogens (tertiary/aromatic N) is 2. The zero-order valence-corrected chi connectivity index (χ0v) is 20.8. The monoisotopic (exact) mass is 498 g/mol. The molecule has 1 aliphatic heterocycles. The van der Waals surface area contributed by atoms with Crippen LogP contribution in [0.2, 0.25) is 0 Å². The first-order valence-corrected chi connectivity index (χ1v) is 12.5. The molecule has 0 saturated carbocycles. The number of Topliss-reactive ketones (excluding diaryl/α,β-unsaturated/α-hetero) is 1. The topological polar surface area (TPSA) is 59.5 Å². The summed E-state index contributed by atoms with van der Waals surface area (Å²) in [6.07, 6.45) is 3.22. The van der Waals surface area contributed by atoms with Gasteiger partial charge in [-0.25, -0.2) is 13.8 Å². The van der Waals surface area contributed by atoms with Crippen molar-refractivity contribution >= 4 is 23.0 Å². The number of hydrogen-bond acceptors (Lipinski definition) is 5. The number of piperidine rings is 1. The maximum Gasteiger partial charge on any atom is 0.274 e. The van der Waals surface area contributed by atoms with Crippen molar-refractivity contribution in [3.8, 4) is 16.2 Å². The smallest absolute Gasteiger partial charge is 0.274 e. The minimum atomic E-state index is -0.575. The summed E-state index contributed by atoms with van der Waals surface area (Å²) in [5.41, 5.74) is 1.31. The van der Waals surface area contributed by atoms with Gasteiger partial charge in [0.05, 0.1) is 22.6 Å². The molecule has 0 spiro atoms. The average molecular weight is 499 g/mol. The van der Waals surface area contributed by atoms with Crippen LogP contribution >= 0.6 is 11.3 Å². The van der Waals surface area contributed by atoms with Crippen LogP contribution in [-0.2, 0) is 0 Å². The van der Waals surface area contributed by atoms with E-state index < -0.39 is 5.82 Å². The van der Waals surface area contributed by atoms with E-state index in [1.54, 1.807) is 18.2 Å². The van der Waals surface area contributed by atoms with Crippen molar-refractivity contribution in [1.82, 2.24) is 9.88 Å². The Labute approximate surface area is 207 Å². The molecule has 2 atom stereocenters. The molecule has 0 bridgehead atoms. The van der Waals surface area contributed by atoms with Crippen LogP contribution in [0.25, 0.3) is 10.4 Å². The number of likely N-dealkylation sites (tertiary alicyclic amines) is 1. The number of benzene rings is 2. The number of halogens is 2. The Morgan fingerprint density at radius 3 is 2.60 bits per heavy atom. The molecule has 0 N–H and O–H groups in total. The van der Waals surface area contributed by atoms with Gasteiger partial charge >= 0.3 is 0 Å². The number of aromatic nitrogens is 1. The Hall–Kier alpha value is -3.13. The van der Waals surface area contributed by atoms with E-state index in [2.05, 4.69) is 4.98 Å². The van der Waals surface area contributed by atoms with Crippen molar-refractivity contribution in [1.29, 1.82) is 0 Å². The maximum atomic E-state index is 14.1. The molecule has 5 nitrogen and oxygen atoms in total. The highest BCUT2D eigenvalue weighted by Gasteiger charge is 2.35. The molecule has 2 heterocycles. The molecular weight excluding hydrogens is 470 g/mol. The third-order valence-electron chi connectivity index (χ3n) is 6.48. The van der Waals surface area contributed by atoms with Crippen LogP contribution in [0.5, 0.6) is 5.75 Å². The van der Waals surface area contributed by atoms with Crippen LogP contribution < -0.4 is 4.74 Å². The van der Waals surface area contributed by atoms with Gasteiger partial charge in [-0.05, 0) is 69.4 Å². The van der Waals surface area contributed by atoms with Gasteiger partial charge in [0.15, 0.2) is 17.3 Å². The van der Waals surface area contributed by atoms with Crippen molar-refractivity contribution in [3.05, 3.63) is 70.4 Å². The van der Waals surface area contributed by atoms with Gasteiger partial charge in [-0.1, -0.05) is 18.2 Å². The molecule has 2 aromatic carbocycles. The summed E-state index contributed by atoms with van der Waals surface area (Å²) in [5.74, 6) is -1.37. The highest BCUT2D eigenvalue weighted by Crippen LogP contribution is 2.35. The molecule has 4 rings (SSSR count). The zero-order chi connectivity index (χ0) is 25.1. The fourth-order valence-corrected chi connectivity index (χ4v) is 5.71. The largest absolute Gasteiger partial charge is 0.493 e. The number of methoxy groups -OCH3 is 1. The van der Waals surface area contributed by atoms with E-state index in [0.29, 0.717) is 17.0 Å². The standard InChI is InChI=1S/C27H28F2N2O3S/c1-16-6-4-7-20(14-15-23(32)21-8-5-9-22(29)25(21)34-3)31(16)27(33)24-26(35-17(2)30-24)18-10-12-19(28)13-11-18/h5,8-13,16,20H,4,6-7,14-15H2,1-3H3. The summed E-state index contributed by atoms with van der Waals surface area (Å²) in [5, 5.41) is 0.752. The lowest BCUT2D eigenvalue weighted by Gasteiger charge is -2.40. The minimum absolute atomic E-state index is 0.0110. The molecule has 184 valence electrons. The molecule has 1 aromatic heterocycles. The molecule has 1 fully saturated rings.